The molecule has 0 aromatic carbocycles. The van der Waals surface area contributed by atoms with Crippen molar-refractivity contribution in [2.75, 3.05) is 6.54 Å². The number of halogens is 4. The van der Waals surface area contributed by atoms with Gasteiger partial charge in [0.05, 0.1) is 0 Å². The molecule has 0 saturated heterocycles. The first-order chi connectivity index (χ1) is 7.52. The number of rotatable bonds is 3. The van der Waals surface area contributed by atoms with Gasteiger partial charge in [-0.25, -0.2) is 0 Å². The Kier molecular flexibility index (Phi) is 3.17. The molecular weight excluding hydrogens is 267 g/mol. The number of nitrogens with zero attached hydrogens (tertiary/aromatic N) is 3. The summed E-state index contributed by atoms with van der Waals surface area (Å²) in [6.45, 7) is -0.418. The molecule has 0 aromatic rings. The van der Waals surface area contributed by atoms with Gasteiger partial charge in [0, 0.05) is 11.3 Å². The van der Waals surface area contributed by atoms with Crippen molar-refractivity contribution < 1.29 is 22.9 Å². The minimum atomic E-state index is -4.96. The first kappa shape index (κ1) is 13.8. The van der Waals surface area contributed by atoms with Crippen molar-refractivity contribution in [3.8, 4) is 0 Å². The van der Waals surface area contributed by atoms with Gasteiger partial charge in [0.2, 0.25) is 12.1 Å². The highest BCUT2D eigenvalue weighted by atomic mass is 35.5. The zero-order valence-corrected chi connectivity index (χ0v) is 9.25. The van der Waals surface area contributed by atoms with E-state index < -0.39 is 40.4 Å². The predicted molar refractivity (Wildman–Crippen MR) is 49.4 cm³/mol. The van der Waals surface area contributed by atoms with E-state index in [1.807, 2.05) is 0 Å². The monoisotopic (exact) mass is 273 g/mol. The quantitative estimate of drug-likeness (QED) is 0.447. The van der Waals surface area contributed by atoms with E-state index in [2.05, 4.69) is 10.2 Å². The zero-order chi connectivity index (χ0) is 13.5. The second-order valence-corrected chi connectivity index (χ2v) is 4.29. The molecule has 96 valence electrons. The molecule has 1 heterocycles. The van der Waals surface area contributed by atoms with Crippen LogP contribution < -0.4 is 0 Å². The van der Waals surface area contributed by atoms with E-state index >= 15 is 0 Å². The van der Waals surface area contributed by atoms with Crippen LogP contribution in [0.25, 0.3) is 0 Å². The van der Waals surface area contributed by atoms with Crippen LogP contribution in [0.5, 0.6) is 0 Å². The summed E-state index contributed by atoms with van der Waals surface area (Å²) in [4.78, 5) is 20.1. The number of azo groups is 1. The minimum Gasteiger partial charge on any atom is -0.278 e. The third-order valence-electron chi connectivity index (χ3n) is 2.44. The average Bonchev–Trinajstić information content (AvgIpc) is 2.44. The van der Waals surface area contributed by atoms with Crippen LogP contribution in [-0.4, -0.2) is 34.0 Å². The van der Waals surface area contributed by atoms with Crippen molar-refractivity contribution in [3.05, 3.63) is 10.1 Å². The van der Waals surface area contributed by atoms with Crippen LogP contribution >= 0.6 is 11.6 Å². The molecule has 10 heteroatoms. The Bertz CT molecular complexity index is 400. The van der Waals surface area contributed by atoms with Crippen molar-refractivity contribution in [1.29, 1.82) is 0 Å². The van der Waals surface area contributed by atoms with Crippen LogP contribution in [0.15, 0.2) is 10.2 Å². The van der Waals surface area contributed by atoms with Crippen molar-refractivity contribution in [2.24, 2.45) is 10.2 Å². The van der Waals surface area contributed by atoms with Crippen LogP contribution in [0.2, 0.25) is 0 Å². The SMILES string of the molecule is C[C@@]1(C(=O)Cl)C[C@](C[N+](=O)[O-])(C(F)(F)F)N=N1. The van der Waals surface area contributed by atoms with Gasteiger partial charge in [0.25, 0.3) is 5.24 Å². The van der Waals surface area contributed by atoms with Gasteiger partial charge in [-0.2, -0.15) is 23.4 Å². The second kappa shape index (κ2) is 3.90. The van der Waals surface area contributed by atoms with Gasteiger partial charge in [-0.1, -0.05) is 0 Å². The van der Waals surface area contributed by atoms with Crippen molar-refractivity contribution in [2.45, 2.75) is 30.6 Å². The van der Waals surface area contributed by atoms with E-state index in [1.165, 1.54) is 0 Å². The maximum absolute atomic E-state index is 12.8. The Hall–Kier alpha value is -1.25. The third kappa shape index (κ3) is 2.38. The van der Waals surface area contributed by atoms with Crippen LogP contribution in [0.1, 0.15) is 13.3 Å². The van der Waals surface area contributed by atoms with Gasteiger partial charge >= 0.3 is 6.18 Å². The van der Waals surface area contributed by atoms with Gasteiger partial charge in [-0.3, -0.25) is 14.9 Å². The standard InChI is InChI=1S/C7H7ClF3N3O3/c1-5(4(8)15)2-6(13-12-5,3-14(16)17)7(9,10)11/h2-3H2,1H3/t5-,6-/m0/s1. The number of nitro groups is 1. The van der Waals surface area contributed by atoms with Crippen molar-refractivity contribution >= 4 is 16.8 Å². The highest BCUT2D eigenvalue weighted by Gasteiger charge is 2.66. The average molecular weight is 274 g/mol. The number of carbonyl (C=O) groups excluding carboxylic acids is 1. The number of hydrogen-bond acceptors (Lipinski definition) is 5. The summed E-state index contributed by atoms with van der Waals surface area (Å²) >= 11 is 5.11. The maximum atomic E-state index is 12.8. The lowest BCUT2D eigenvalue weighted by Gasteiger charge is -2.25. The van der Waals surface area contributed by atoms with Crippen LogP contribution in [0.4, 0.5) is 13.2 Å². The highest BCUT2D eigenvalue weighted by molar-refractivity contribution is 6.65. The molecular formula is C7H7ClF3N3O3. The first-order valence-corrected chi connectivity index (χ1v) is 4.73. The largest absolute Gasteiger partial charge is 0.421 e. The molecule has 1 rings (SSSR count). The summed E-state index contributed by atoms with van der Waals surface area (Å²) in [7, 11) is 0. The highest BCUT2D eigenvalue weighted by Crippen LogP contribution is 2.46. The normalized spacial score (nSPS) is 32.8. The van der Waals surface area contributed by atoms with Crippen molar-refractivity contribution in [3.63, 3.8) is 0 Å². The van der Waals surface area contributed by atoms with Crippen LogP contribution in [0.3, 0.4) is 0 Å². The molecule has 0 aliphatic carbocycles. The number of hydrogen-bond donors (Lipinski definition) is 0. The molecule has 0 bridgehead atoms. The van der Waals surface area contributed by atoms with E-state index in [9.17, 15) is 28.1 Å². The van der Waals surface area contributed by atoms with Gasteiger partial charge in [0.1, 0.15) is 0 Å². The summed E-state index contributed by atoms with van der Waals surface area (Å²) in [5.41, 5.74) is -4.84. The lowest BCUT2D eigenvalue weighted by atomic mass is 9.86. The summed E-state index contributed by atoms with van der Waals surface area (Å²) in [5.74, 6) is 0. The summed E-state index contributed by atoms with van der Waals surface area (Å²) in [6, 6.07) is 0. The Morgan fingerprint density at radius 3 is 2.35 bits per heavy atom. The Morgan fingerprint density at radius 2 is 2.06 bits per heavy atom. The van der Waals surface area contributed by atoms with Gasteiger partial charge in [-0.15, -0.1) is 0 Å². The predicted octanol–water partition coefficient (Wildman–Crippen LogP) is 1.94. The van der Waals surface area contributed by atoms with Gasteiger partial charge in [0.15, 0.2) is 5.54 Å². The molecule has 2 atom stereocenters. The molecule has 0 radical (unpaired) electrons. The molecule has 0 fully saturated rings. The molecule has 0 saturated carbocycles. The fourth-order valence-electron chi connectivity index (χ4n) is 1.50. The second-order valence-electron chi connectivity index (χ2n) is 3.94. The molecule has 0 N–H and O–H groups in total. The molecule has 0 aromatic heterocycles. The summed E-state index contributed by atoms with van der Waals surface area (Å²) in [5, 5.41) is 15.2. The summed E-state index contributed by atoms with van der Waals surface area (Å²) < 4.78 is 38.3. The Balaban J connectivity index is 3.12. The lowest BCUT2D eigenvalue weighted by Crippen LogP contribution is -2.50. The zero-order valence-electron chi connectivity index (χ0n) is 8.49. The molecule has 0 spiro atoms. The van der Waals surface area contributed by atoms with E-state index in [4.69, 9.17) is 11.6 Å². The molecule has 6 nitrogen and oxygen atoms in total. The van der Waals surface area contributed by atoms with Gasteiger partial charge in [-0.05, 0) is 18.5 Å². The maximum Gasteiger partial charge on any atom is 0.421 e. The molecule has 1 aliphatic heterocycles. The van der Waals surface area contributed by atoms with Crippen LogP contribution in [-0.2, 0) is 4.79 Å². The summed E-state index contributed by atoms with van der Waals surface area (Å²) in [6.07, 6.45) is -5.92. The first-order valence-electron chi connectivity index (χ1n) is 4.35. The number of carbonyl (C=O) groups is 1. The topological polar surface area (TPSA) is 84.9 Å². The van der Waals surface area contributed by atoms with E-state index in [0.29, 0.717) is 0 Å². The number of alkyl halides is 3. The molecule has 1 aliphatic rings. The lowest BCUT2D eigenvalue weighted by molar-refractivity contribution is -0.499. The van der Waals surface area contributed by atoms with Crippen molar-refractivity contribution in [1.82, 2.24) is 0 Å². The minimum absolute atomic E-state index is 0.952. The van der Waals surface area contributed by atoms with E-state index in [0.717, 1.165) is 6.92 Å². The van der Waals surface area contributed by atoms with E-state index in [-0.39, 0.29) is 0 Å². The smallest absolute Gasteiger partial charge is 0.278 e. The molecule has 17 heavy (non-hydrogen) atoms. The Labute approximate surface area is 98.0 Å². The molecule has 0 amide bonds. The van der Waals surface area contributed by atoms with Crippen LogP contribution in [0, 0.1) is 10.1 Å². The van der Waals surface area contributed by atoms with E-state index in [1.54, 1.807) is 0 Å². The molecule has 0 unspecified atom stereocenters. The van der Waals surface area contributed by atoms with Gasteiger partial charge < -0.3 is 0 Å². The fourth-order valence-corrected chi connectivity index (χ4v) is 1.61. The Morgan fingerprint density at radius 1 is 1.53 bits per heavy atom. The third-order valence-corrected chi connectivity index (χ3v) is 2.85. The fraction of sp³-hybridized carbons (Fsp3) is 0.857.